The molecule has 9 nitrogen and oxygen atoms in total. The molecule has 1 aliphatic heterocycles. The molecular weight excluding hydrogens is 492 g/mol. The van der Waals surface area contributed by atoms with Crippen molar-refractivity contribution in [3.63, 3.8) is 0 Å². The monoisotopic (exact) mass is 524 g/mol. The van der Waals surface area contributed by atoms with Gasteiger partial charge in [0.05, 0.1) is 22.1 Å². The number of ether oxygens (including phenoxy) is 1. The lowest BCUT2D eigenvalue weighted by Gasteiger charge is -2.29. The van der Waals surface area contributed by atoms with Crippen molar-refractivity contribution in [3.8, 4) is 0 Å². The van der Waals surface area contributed by atoms with E-state index in [1.165, 1.54) is 8.87 Å². The van der Waals surface area contributed by atoms with Crippen LogP contribution in [0.5, 0.6) is 0 Å². The van der Waals surface area contributed by atoms with Gasteiger partial charge in [-0.15, -0.1) is 0 Å². The second kappa shape index (κ2) is 8.86. The minimum atomic E-state index is -3.95. The second-order valence-corrected chi connectivity index (χ2v) is 12.9. The molecule has 5 rings (SSSR count). The quantitative estimate of drug-likeness (QED) is 0.535. The van der Waals surface area contributed by atoms with E-state index in [-0.39, 0.29) is 16.2 Å². The van der Waals surface area contributed by atoms with Gasteiger partial charge in [-0.25, -0.2) is 17.2 Å². The number of rotatable bonds is 5. The molecule has 1 spiro atoms. The van der Waals surface area contributed by atoms with Gasteiger partial charge in [0.15, 0.2) is 0 Å². The summed E-state index contributed by atoms with van der Waals surface area (Å²) in [5, 5.41) is 3.63. The summed E-state index contributed by atoms with van der Waals surface area (Å²) in [6.45, 7) is 7.63. The molecule has 10 heteroatoms. The fraction of sp³-hybridized carbons (Fsp3) is 0.444. The molecule has 1 aliphatic carbocycles. The van der Waals surface area contributed by atoms with E-state index >= 15 is 0 Å². The molecule has 0 unspecified atom stereocenters. The summed E-state index contributed by atoms with van der Waals surface area (Å²) in [6, 6.07) is 10.2. The Bertz CT molecular complexity index is 1450. The first kappa shape index (κ1) is 25.3. The van der Waals surface area contributed by atoms with E-state index < -0.39 is 33.8 Å². The van der Waals surface area contributed by atoms with E-state index in [9.17, 15) is 18.0 Å². The van der Waals surface area contributed by atoms with Crippen molar-refractivity contribution in [1.29, 1.82) is 0 Å². The van der Waals surface area contributed by atoms with Crippen LogP contribution in [0.4, 0.5) is 4.79 Å². The molecule has 3 heterocycles. The molecule has 2 aliphatic rings. The zero-order valence-corrected chi connectivity index (χ0v) is 22.3. The first-order valence-corrected chi connectivity index (χ1v) is 13.9. The van der Waals surface area contributed by atoms with Crippen LogP contribution in [-0.4, -0.2) is 52.5 Å². The Morgan fingerprint density at radius 1 is 1.16 bits per heavy atom. The Balaban J connectivity index is 1.46. The van der Waals surface area contributed by atoms with Crippen LogP contribution >= 0.6 is 0 Å². The van der Waals surface area contributed by atoms with Gasteiger partial charge < -0.3 is 10.1 Å². The highest BCUT2D eigenvalue weighted by atomic mass is 32.2. The topological polar surface area (TPSA) is 111 Å². The molecule has 37 heavy (non-hydrogen) atoms. The van der Waals surface area contributed by atoms with Gasteiger partial charge in [0.1, 0.15) is 11.6 Å². The Morgan fingerprint density at radius 2 is 1.86 bits per heavy atom. The first-order chi connectivity index (χ1) is 17.4. The Hall–Kier alpha value is -3.40. The van der Waals surface area contributed by atoms with Crippen molar-refractivity contribution in [3.05, 3.63) is 60.6 Å². The van der Waals surface area contributed by atoms with E-state index in [0.29, 0.717) is 29.6 Å². The summed E-state index contributed by atoms with van der Waals surface area (Å²) in [5.41, 5.74) is 0.177. The van der Waals surface area contributed by atoms with Crippen LogP contribution in [0.3, 0.4) is 0 Å². The number of benzene rings is 1. The number of carbonyl (C=O) groups excluding carboxylic acids is 2. The molecule has 2 fully saturated rings. The SMILES string of the molecule is C[C@@H](NC(=O)[C@@H]1CC2(CC2)CN1C(=O)OC(C)(C)C)c1cc2cnccc2n1S(=O)(=O)c1ccccc1. The number of hydrogen-bond acceptors (Lipinski definition) is 6. The van der Waals surface area contributed by atoms with Crippen molar-refractivity contribution in [2.45, 2.75) is 69.5 Å². The predicted molar refractivity (Wildman–Crippen MR) is 138 cm³/mol. The summed E-state index contributed by atoms with van der Waals surface area (Å²) < 4.78 is 34.3. The van der Waals surface area contributed by atoms with Crippen LogP contribution in [0.1, 0.15) is 58.7 Å². The summed E-state index contributed by atoms with van der Waals surface area (Å²) in [5.74, 6) is -0.325. The van der Waals surface area contributed by atoms with E-state index in [2.05, 4.69) is 10.3 Å². The molecule has 2 aromatic heterocycles. The van der Waals surface area contributed by atoms with E-state index in [0.717, 1.165) is 12.8 Å². The lowest BCUT2D eigenvalue weighted by molar-refractivity contribution is -0.126. The van der Waals surface area contributed by atoms with E-state index in [1.54, 1.807) is 82.6 Å². The molecule has 1 aromatic carbocycles. The van der Waals surface area contributed by atoms with Crippen LogP contribution in [0, 0.1) is 5.41 Å². The largest absolute Gasteiger partial charge is 0.444 e. The van der Waals surface area contributed by atoms with Gasteiger partial charge in [0.25, 0.3) is 10.0 Å². The molecular formula is C27H32N4O5S. The molecule has 196 valence electrons. The second-order valence-electron chi connectivity index (χ2n) is 11.1. The lowest BCUT2D eigenvalue weighted by atomic mass is 10.0. The summed E-state index contributed by atoms with van der Waals surface area (Å²) >= 11 is 0. The fourth-order valence-electron chi connectivity index (χ4n) is 5.05. The Morgan fingerprint density at radius 3 is 2.51 bits per heavy atom. The Labute approximate surface area is 216 Å². The van der Waals surface area contributed by atoms with Gasteiger partial charge >= 0.3 is 6.09 Å². The number of nitrogens with one attached hydrogen (secondary N) is 1. The van der Waals surface area contributed by atoms with Gasteiger partial charge in [-0.05, 0) is 76.6 Å². The van der Waals surface area contributed by atoms with Crippen molar-refractivity contribution < 1.29 is 22.7 Å². The number of carbonyl (C=O) groups is 2. The molecule has 2 atom stereocenters. The molecule has 1 N–H and O–H groups in total. The van der Waals surface area contributed by atoms with Crippen LogP contribution in [0.15, 0.2) is 59.8 Å². The average molecular weight is 525 g/mol. The number of pyridine rings is 1. The number of hydrogen-bond donors (Lipinski definition) is 1. The minimum Gasteiger partial charge on any atom is -0.444 e. The minimum absolute atomic E-state index is 0.0284. The average Bonchev–Trinajstić information content (AvgIpc) is 3.30. The van der Waals surface area contributed by atoms with E-state index in [1.807, 2.05) is 0 Å². The van der Waals surface area contributed by atoms with Gasteiger partial charge in [-0.2, -0.15) is 0 Å². The molecule has 3 aromatic rings. The molecule has 0 bridgehead atoms. The van der Waals surface area contributed by atoms with Crippen molar-refractivity contribution >= 4 is 32.9 Å². The number of aromatic nitrogens is 2. The standard InChI is InChI=1S/C27H32N4O5S/c1-18(29-24(32)23-15-27(11-12-27)17-30(23)25(33)36-26(2,3)4)22-14-19-16-28-13-10-21(19)31(22)37(34,35)20-8-6-5-7-9-20/h5-10,13-14,16,18,23H,11-12,15,17H2,1-4H3,(H,29,32)/t18-,23+/m1/s1. The summed E-state index contributed by atoms with van der Waals surface area (Å²) in [7, 11) is -3.95. The van der Waals surface area contributed by atoms with Crippen molar-refractivity contribution in [1.82, 2.24) is 19.2 Å². The highest BCUT2D eigenvalue weighted by Gasteiger charge is 2.56. The number of fused-ring (bicyclic) bond motifs is 1. The third-order valence-corrected chi connectivity index (χ3v) is 8.82. The zero-order valence-electron chi connectivity index (χ0n) is 21.5. The van der Waals surface area contributed by atoms with Gasteiger partial charge in [-0.3, -0.25) is 14.7 Å². The maximum absolute atomic E-state index is 13.7. The highest BCUT2D eigenvalue weighted by molar-refractivity contribution is 7.90. The number of nitrogens with zero attached hydrogens (tertiary/aromatic N) is 3. The highest BCUT2D eigenvalue weighted by Crippen LogP contribution is 2.55. The van der Waals surface area contributed by atoms with Gasteiger partial charge in [0.2, 0.25) is 5.91 Å². The van der Waals surface area contributed by atoms with Crippen LogP contribution in [-0.2, 0) is 19.6 Å². The third kappa shape index (κ3) is 4.82. The van der Waals surface area contributed by atoms with Crippen LogP contribution in [0.2, 0.25) is 0 Å². The molecule has 2 amide bonds. The molecule has 0 radical (unpaired) electrons. The summed E-state index contributed by atoms with van der Waals surface area (Å²) in [4.78, 5) is 32.3. The van der Waals surface area contributed by atoms with Crippen LogP contribution in [0.25, 0.3) is 10.9 Å². The number of likely N-dealkylation sites (tertiary alicyclic amines) is 1. The fourth-order valence-corrected chi connectivity index (χ4v) is 6.67. The van der Waals surface area contributed by atoms with E-state index in [4.69, 9.17) is 4.74 Å². The zero-order chi connectivity index (χ0) is 26.6. The van der Waals surface area contributed by atoms with Crippen molar-refractivity contribution in [2.75, 3.05) is 6.54 Å². The molecule has 1 saturated carbocycles. The first-order valence-electron chi connectivity index (χ1n) is 12.5. The molecule has 1 saturated heterocycles. The maximum Gasteiger partial charge on any atom is 0.410 e. The van der Waals surface area contributed by atoms with Crippen LogP contribution < -0.4 is 5.32 Å². The van der Waals surface area contributed by atoms with Gasteiger partial charge in [0, 0.05) is 24.3 Å². The number of amides is 2. The maximum atomic E-state index is 13.7. The van der Waals surface area contributed by atoms with Crippen molar-refractivity contribution in [2.24, 2.45) is 5.41 Å². The predicted octanol–water partition coefficient (Wildman–Crippen LogP) is 4.24. The normalized spacial score (nSPS) is 19.7. The Kier molecular flexibility index (Phi) is 6.05. The van der Waals surface area contributed by atoms with Gasteiger partial charge in [-0.1, -0.05) is 18.2 Å². The summed E-state index contributed by atoms with van der Waals surface area (Å²) in [6.07, 6.45) is 5.15. The lowest BCUT2D eigenvalue weighted by Crippen LogP contribution is -2.48. The smallest absolute Gasteiger partial charge is 0.410 e. The third-order valence-electron chi connectivity index (χ3n) is 7.06.